The molecule has 0 bridgehead atoms. The summed E-state index contributed by atoms with van der Waals surface area (Å²) in [6, 6.07) is 0.626. The molecular formula is C18H40N2O. The number of hydrogen-bond acceptors (Lipinski definition) is 2. The molecule has 0 aromatic carbocycles. The van der Waals surface area contributed by atoms with Crippen LogP contribution in [0, 0.1) is 11.8 Å². The highest BCUT2D eigenvalue weighted by Crippen LogP contribution is 2.01. The van der Waals surface area contributed by atoms with E-state index in [0.717, 1.165) is 25.4 Å². The molecule has 0 spiro atoms. The van der Waals surface area contributed by atoms with E-state index >= 15 is 0 Å². The number of nitrogens with one attached hydrogen (secondary N) is 1. The Labute approximate surface area is 133 Å². The second-order valence-corrected chi connectivity index (χ2v) is 7.31. The Kier molecular flexibility index (Phi) is 15.5. The molecule has 0 heterocycles. The summed E-state index contributed by atoms with van der Waals surface area (Å²) >= 11 is 0. The predicted octanol–water partition coefficient (Wildman–Crippen LogP) is 4.32. The zero-order chi connectivity index (χ0) is 16.8. The minimum absolute atomic E-state index is 0.194. The Morgan fingerprint density at radius 3 is 1.90 bits per heavy atom. The highest BCUT2D eigenvalue weighted by atomic mass is 16.1. The normalized spacial score (nSPS) is 11.0. The molecule has 0 radical (unpaired) electrons. The number of carbonyl (C=O) groups excluding carboxylic acids is 1. The third-order valence-corrected chi connectivity index (χ3v) is 2.98. The van der Waals surface area contributed by atoms with Gasteiger partial charge in [0.1, 0.15) is 0 Å². The Hall–Kier alpha value is -0.570. The van der Waals surface area contributed by atoms with Crippen molar-refractivity contribution in [3.8, 4) is 0 Å². The van der Waals surface area contributed by atoms with E-state index in [2.05, 4.69) is 65.7 Å². The van der Waals surface area contributed by atoms with Gasteiger partial charge in [-0.25, -0.2) is 0 Å². The van der Waals surface area contributed by atoms with Gasteiger partial charge >= 0.3 is 0 Å². The van der Waals surface area contributed by atoms with Crippen molar-refractivity contribution in [1.82, 2.24) is 10.2 Å². The van der Waals surface area contributed by atoms with Crippen molar-refractivity contribution in [2.75, 3.05) is 20.1 Å². The molecule has 0 fully saturated rings. The van der Waals surface area contributed by atoms with Crippen LogP contribution in [-0.2, 0) is 4.79 Å². The number of hydrogen-bond donors (Lipinski definition) is 1. The van der Waals surface area contributed by atoms with Crippen LogP contribution in [0.4, 0.5) is 0 Å². The average molecular weight is 301 g/mol. The standard InChI is InChI=1S/C14H30N2O.C4H10/c1-12(2)11-14(17)15-9-7-6-8-10-16(5)13(3)4;1-4(2)3/h12-13H,6-11H2,1-5H3,(H,15,17);4H,1-3H3. The quantitative estimate of drug-likeness (QED) is 0.643. The lowest BCUT2D eigenvalue weighted by Gasteiger charge is -2.20. The molecule has 0 aromatic heterocycles. The Bertz CT molecular complexity index is 235. The Morgan fingerprint density at radius 2 is 1.48 bits per heavy atom. The van der Waals surface area contributed by atoms with Crippen molar-refractivity contribution >= 4 is 5.91 Å². The van der Waals surface area contributed by atoms with Gasteiger partial charge in [-0.1, -0.05) is 41.0 Å². The van der Waals surface area contributed by atoms with Crippen molar-refractivity contribution in [1.29, 1.82) is 0 Å². The predicted molar refractivity (Wildman–Crippen MR) is 94.6 cm³/mol. The van der Waals surface area contributed by atoms with E-state index < -0.39 is 0 Å². The fourth-order valence-electron chi connectivity index (χ4n) is 1.59. The molecule has 0 aliphatic carbocycles. The Balaban J connectivity index is 0. The zero-order valence-corrected chi connectivity index (χ0v) is 15.8. The maximum absolute atomic E-state index is 11.4. The molecule has 0 aromatic rings. The maximum atomic E-state index is 11.4. The first kappa shape index (κ1) is 22.7. The molecule has 0 atom stereocenters. The van der Waals surface area contributed by atoms with Gasteiger partial charge in [-0.2, -0.15) is 0 Å². The van der Waals surface area contributed by atoms with Crippen LogP contribution in [-0.4, -0.2) is 37.0 Å². The second kappa shape index (κ2) is 14.4. The third kappa shape index (κ3) is 21.9. The fraction of sp³-hybridized carbons (Fsp3) is 0.944. The van der Waals surface area contributed by atoms with Crippen LogP contribution in [0.3, 0.4) is 0 Å². The van der Waals surface area contributed by atoms with Gasteiger partial charge in [-0.3, -0.25) is 4.79 Å². The summed E-state index contributed by atoms with van der Waals surface area (Å²) in [5.74, 6) is 1.48. The molecule has 1 amide bonds. The fourth-order valence-corrected chi connectivity index (χ4v) is 1.59. The van der Waals surface area contributed by atoms with Crippen molar-refractivity contribution in [3.63, 3.8) is 0 Å². The average Bonchev–Trinajstić information content (AvgIpc) is 2.31. The molecule has 128 valence electrons. The summed E-state index contributed by atoms with van der Waals surface area (Å²) in [5.41, 5.74) is 0. The van der Waals surface area contributed by atoms with E-state index in [9.17, 15) is 4.79 Å². The van der Waals surface area contributed by atoms with E-state index in [4.69, 9.17) is 0 Å². The van der Waals surface area contributed by atoms with Gasteiger partial charge in [0, 0.05) is 19.0 Å². The molecule has 0 unspecified atom stereocenters. The first-order valence-corrected chi connectivity index (χ1v) is 8.63. The van der Waals surface area contributed by atoms with Crippen LogP contribution < -0.4 is 5.32 Å². The number of amides is 1. The molecule has 1 N–H and O–H groups in total. The van der Waals surface area contributed by atoms with Crippen molar-refractivity contribution in [2.24, 2.45) is 11.8 Å². The summed E-state index contributed by atoms with van der Waals surface area (Å²) in [6.07, 6.45) is 4.15. The van der Waals surface area contributed by atoms with Crippen molar-refractivity contribution in [2.45, 2.75) is 80.2 Å². The second-order valence-electron chi connectivity index (χ2n) is 7.31. The maximum Gasteiger partial charge on any atom is 0.220 e. The molecule has 3 nitrogen and oxygen atoms in total. The number of nitrogens with zero attached hydrogens (tertiary/aromatic N) is 1. The van der Waals surface area contributed by atoms with E-state index in [1.165, 1.54) is 12.8 Å². The highest BCUT2D eigenvalue weighted by Gasteiger charge is 2.04. The number of carbonyl (C=O) groups is 1. The minimum atomic E-state index is 0.194. The SMILES string of the molecule is CC(C)C.CC(C)CC(=O)NCCCCCN(C)C(C)C. The summed E-state index contributed by atoms with van der Waals surface area (Å²) in [6.45, 7) is 17.1. The molecule has 3 heteroatoms. The smallest absolute Gasteiger partial charge is 0.220 e. The Morgan fingerprint density at radius 1 is 0.952 bits per heavy atom. The van der Waals surface area contributed by atoms with Crippen molar-refractivity contribution < 1.29 is 4.79 Å². The summed E-state index contributed by atoms with van der Waals surface area (Å²) in [4.78, 5) is 13.7. The summed E-state index contributed by atoms with van der Waals surface area (Å²) in [5, 5.41) is 2.97. The lowest BCUT2D eigenvalue weighted by Crippen LogP contribution is -2.28. The van der Waals surface area contributed by atoms with Gasteiger partial charge in [0.2, 0.25) is 5.91 Å². The molecule has 0 aliphatic rings. The molecule has 0 aliphatic heterocycles. The van der Waals surface area contributed by atoms with Crippen LogP contribution in [0.2, 0.25) is 0 Å². The van der Waals surface area contributed by atoms with Gasteiger partial charge in [-0.15, -0.1) is 0 Å². The van der Waals surface area contributed by atoms with E-state index in [1.54, 1.807) is 0 Å². The van der Waals surface area contributed by atoms with E-state index in [0.29, 0.717) is 18.4 Å². The number of rotatable bonds is 9. The molecular weight excluding hydrogens is 260 g/mol. The van der Waals surface area contributed by atoms with E-state index in [-0.39, 0.29) is 5.91 Å². The van der Waals surface area contributed by atoms with Gasteiger partial charge < -0.3 is 10.2 Å². The minimum Gasteiger partial charge on any atom is -0.356 e. The van der Waals surface area contributed by atoms with Gasteiger partial charge in [-0.05, 0) is 52.1 Å². The molecule has 0 rings (SSSR count). The van der Waals surface area contributed by atoms with Gasteiger partial charge in [0.05, 0.1) is 0 Å². The zero-order valence-electron chi connectivity index (χ0n) is 15.8. The first-order valence-electron chi connectivity index (χ1n) is 8.63. The van der Waals surface area contributed by atoms with Crippen LogP contribution in [0.15, 0.2) is 0 Å². The largest absolute Gasteiger partial charge is 0.356 e. The first-order chi connectivity index (χ1) is 9.66. The highest BCUT2D eigenvalue weighted by molar-refractivity contribution is 5.75. The lowest BCUT2D eigenvalue weighted by molar-refractivity contribution is -0.121. The molecule has 21 heavy (non-hydrogen) atoms. The summed E-state index contributed by atoms with van der Waals surface area (Å²) < 4.78 is 0. The molecule has 0 saturated heterocycles. The molecule has 0 saturated carbocycles. The number of unbranched alkanes of at least 4 members (excludes halogenated alkanes) is 2. The van der Waals surface area contributed by atoms with Gasteiger partial charge in [0.15, 0.2) is 0 Å². The van der Waals surface area contributed by atoms with E-state index in [1.807, 2.05) is 0 Å². The van der Waals surface area contributed by atoms with Crippen LogP contribution >= 0.6 is 0 Å². The van der Waals surface area contributed by atoms with Crippen LogP contribution in [0.1, 0.15) is 74.1 Å². The monoisotopic (exact) mass is 300 g/mol. The topological polar surface area (TPSA) is 32.3 Å². The summed E-state index contributed by atoms with van der Waals surface area (Å²) in [7, 11) is 2.16. The van der Waals surface area contributed by atoms with Crippen LogP contribution in [0.5, 0.6) is 0 Å². The van der Waals surface area contributed by atoms with Crippen LogP contribution in [0.25, 0.3) is 0 Å². The third-order valence-electron chi connectivity index (χ3n) is 2.98. The van der Waals surface area contributed by atoms with Gasteiger partial charge in [0.25, 0.3) is 0 Å². The van der Waals surface area contributed by atoms with Crippen molar-refractivity contribution in [3.05, 3.63) is 0 Å². The lowest BCUT2D eigenvalue weighted by atomic mass is 10.1.